The molecule has 0 bridgehead atoms. The third kappa shape index (κ3) is 2.91. The molecule has 1 amide bonds. The molecule has 1 saturated heterocycles. The van der Waals surface area contributed by atoms with Gasteiger partial charge in [0.2, 0.25) is 0 Å². The summed E-state index contributed by atoms with van der Waals surface area (Å²) in [6.07, 6.45) is 9.51. The number of rotatable bonds is 2. The fourth-order valence-corrected chi connectivity index (χ4v) is 4.60. The molecule has 1 atom stereocenters. The highest BCUT2D eigenvalue weighted by molar-refractivity contribution is 6.05. The zero-order valence-electron chi connectivity index (χ0n) is 15.5. The van der Waals surface area contributed by atoms with Crippen molar-refractivity contribution in [1.29, 1.82) is 0 Å². The minimum Gasteiger partial charge on any atom is -0.337 e. The number of pyridine rings is 1. The van der Waals surface area contributed by atoms with Crippen molar-refractivity contribution in [1.82, 2.24) is 19.4 Å². The van der Waals surface area contributed by atoms with Gasteiger partial charge in [0.15, 0.2) is 0 Å². The second-order valence-electron chi connectivity index (χ2n) is 7.69. The smallest absolute Gasteiger partial charge is 0.273 e. The molecule has 138 valence electrons. The van der Waals surface area contributed by atoms with E-state index in [0.717, 1.165) is 49.7 Å². The van der Waals surface area contributed by atoms with E-state index in [4.69, 9.17) is 4.98 Å². The summed E-state index contributed by atoms with van der Waals surface area (Å²) >= 11 is 0. The van der Waals surface area contributed by atoms with Crippen LogP contribution in [-0.2, 0) is 13.0 Å². The molecule has 3 aromatic rings. The van der Waals surface area contributed by atoms with Crippen LogP contribution in [0.1, 0.15) is 53.6 Å². The van der Waals surface area contributed by atoms with Crippen LogP contribution >= 0.6 is 0 Å². The fourth-order valence-electron chi connectivity index (χ4n) is 4.60. The normalized spacial score (nSPS) is 19.9. The number of likely N-dealkylation sites (tertiary alicyclic amines) is 1. The molecule has 1 fully saturated rings. The van der Waals surface area contributed by atoms with Crippen LogP contribution in [0.25, 0.3) is 10.8 Å². The van der Waals surface area contributed by atoms with Crippen LogP contribution in [0.2, 0.25) is 0 Å². The quantitative estimate of drug-likeness (QED) is 0.699. The number of hydrogen-bond donors (Lipinski definition) is 0. The molecule has 2 aliphatic heterocycles. The minimum atomic E-state index is 0.0434. The molecule has 2 aliphatic rings. The highest BCUT2D eigenvalue weighted by Gasteiger charge is 2.30. The summed E-state index contributed by atoms with van der Waals surface area (Å²) in [5.74, 6) is 1.54. The molecule has 0 N–H and O–H groups in total. The lowest BCUT2D eigenvalue weighted by Gasteiger charge is -2.33. The Bertz CT molecular complexity index is 988. The van der Waals surface area contributed by atoms with Crippen LogP contribution in [0.15, 0.2) is 42.7 Å². The highest BCUT2D eigenvalue weighted by Crippen LogP contribution is 2.30. The van der Waals surface area contributed by atoms with Gasteiger partial charge in [-0.25, -0.2) is 4.98 Å². The Balaban J connectivity index is 1.42. The molecule has 5 nitrogen and oxygen atoms in total. The van der Waals surface area contributed by atoms with Crippen molar-refractivity contribution in [2.24, 2.45) is 0 Å². The van der Waals surface area contributed by atoms with Gasteiger partial charge in [-0.05, 0) is 43.6 Å². The maximum Gasteiger partial charge on any atom is 0.273 e. The third-order valence-electron chi connectivity index (χ3n) is 5.98. The molecule has 5 rings (SSSR count). The van der Waals surface area contributed by atoms with Crippen LogP contribution < -0.4 is 0 Å². The Labute approximate surface area is 159 Å². The van der Waals surface area contributed by atoms with Gasteiger partial charge in [-0.2, -0.15) is 0 Å². The maximum atomic E-state index is 13.3. The summed E-state index contributed by atoms with van der Waals surface area (Å²) in [6.45, 7) is 2.61. The number of nitrogens with zero attached hydrogens (tertiary/aromatic N) is 4. The number of amides is 1. The van der Waals surface area contributed by atoms with Gasteiger partial charge in [0.05, 0.1) is 0 Å². The van der Waals surface area contributed by atoms with Crippen molar-refractivity contribution in [3.05, 3.63) is 59.9 Å². The number of carbonyl (C=O) groups excluding carboxylic acids is 1. The van der Waals surface area contributed by atoms with Crippen molar-refractivity contribution in [2.75, 3.05) is 13.1 Å². The molecule has 27 heavy (non-hydrogen) atoms. The molecular formula is C22H24N4O. The summed E-state index contributed by atoms with van der Waals surface area (Å²) in [4.78, 5) is 24.4. The van der Waals surface area contributed by atoms with Crippen LogP contribution in [-0.4, -0.2) is 38.4 Å². The highest BCUT2D eigenvalue weighted by atomic mass is 16.2. The number of fused-ring (bicyclic) bond motifs is 2. The lowest BCUT2D eigenvalue weighted by molar-refractivity contribution is 0.0699. The van der Waals surface area contributed by atoms with Gasteiger partial charge < -0.3 is 9.47 Å². The van der Waals surface area contributed by atoms with Gasteiger partial charge in [0.25, 0.3) is 5.91 Å². The van der Waals surface area contributed by atoms with E-state index < -0.39 is 0 Å². The minimum absolute atomic E-state index is 0.0434. The summed E-state index contributed by atoms with van der Waals surface area (Å²) in [5.41, 5.74) is 1.93. The molecule has 1 aromatic carbocycles. The van der Waals surface area contributed by atoms with E-state index in [0.29, 0.717) is 11.6 Å². The molecule has 0 spiro atoms. The van der Waals surface area contributed by atoms with Crippen LogP contribution in [0, 0.1) is 0 Å². The number of imidazole rings is 1. The Kier molecular flexibility index (Phi) is 4.15. The number of aromatic nitrogens is 3. The predicted molar refractivity (Wildman–Crippen MR) is 105 cm³/mol. The predicted octanol–water partition coefficient (Wildman–Crippen LogP) is 3.79. The van der Waals surface area contributed by atoms with Gasteiger partial charge >= 0.3 is 0 Å². The number of aryl methyl sites for hydroxylation is 1. The standard InChI is InChI=1S/C22H24N4O/c27-22(20-19-9-2-1-6-16(19)10-11-23-20)25-12-5-7-17(15-25)21-24-14-18-8-3-4-13-26(18)21/h1-2,6,9-11,14,17H,3-5,7-8,12-13,15H2. The van der Waals surface area contributed by atoms with E-state index >= 15 is 0 Å². The molecule has 0 radical (unpaired) electrons. The van der Waals surface area contributed by atoms with Crippen LogP contribution in [0.4, 0.5) is 0 Å². The maximum absolute atomic E-state index is 13.3. The first-order valence-electron chi connectivity index (χ1n) is 9.98. The first kappa shape index (κ1) is 16.5. The lowest BCUT2D eigenvalue weighted by Crippen LogP contribution is -2.40. The van der Waals surface area contributed by atoms with Crippen molar-refractivity contribution >= 4 is 16.7 Å². The Morgan fingerprint density at radius 3 is 2.93 bits per heavy atom. The van der Waals surface area contributed by atoms with E-state index in [-0.39, 0.29) is 5.91 Å². The topological polar surface area (TPSA) is 51.0 Å². The van der Waals surface area contributed by atoms with Gasteiger partial charge in [-0.15, -0.1) is 0 Å². The second-order valence-corrected chi connectivity index (χ2v) is 7.69. The van der Waals surface area contributed by atoms with Crippen molar-refractivity contribution in [3.63, 3.8) is 0 Å². The lowest BCUT2D eigenvalue weighted by atomic mass is 9.96. The summed E-state index contributed by atoms with van der Waals surface area (Å²) in [6, 6.07) is 9.94. The average Bonchev–Trinajstić information content (AvgIpc) is 3.17. The number of benzene rings is 1. The van der Waals surface area contributed by atoms with Crippen LogP contribution in [0.3, 0.4) is 0 Å². The van der Waals surface area contributed by atoms with E-state index in [1.165, 1.54) is 24.4 Å². The van der Waals surface area contributed by atoms with E-state index in [2.05, 4.69) is 9.55 Å². The third-order valence-corrected chi connectivity index (χ3v) is 5.98. The summed E-state index contributed by atoms with van der Waals surface area (Å²) in [7, 11) is 0. The van der Waals surface area contributed by atoms with E-state index in [1.54, 1.807) is 6.20 Å². The Morgan fingerprint density at radius 1 is 1.04 bits per heavy atom. The van der Waals surface area contributed by atoms with Gasteiger partial charge in [-0.1, -0.05) is 24.3 Å². The fraction of sp³-hybridized carbons (Fsp3) is 0.409. The summed E-state index contributed by atoms with van der Waals surface area (Å²) < 4.78 is 2.40. The molecule has 0 saturated carbocycles. The number of hydrogen-bond acceptors (Lipinski definition) is 3. The zero-order chi connectivity index (χ0) is 18.2. The van der Waals surface area contributed by atoms with Gasteiger partial charge in [0, 0.05) is 49.0 Å². The van der Waals surface area contributed by atoms with Crippen molar-refractivity contribution < 1.29 is 4.79 Å². The molecule has 5 heteroatoms. The van der Waals surface area contributed by atoms with Crippen molar-refractivity contribution in [3.8, 4) is 0 Å². The first-order valence-corrected chi connectivity index (χ1v) is 9.98. The zero-order valence-corrected chi connectivity index (χ0v) is 15.5. The second kappa shape index (κ2) is 6.80. The molecule has 4 heterocycles. The molecular weight excluding hydrogens is 336 g/mol. The molecule has 0 aliphatic carbocycles. The van der Waals surface area contributed by atoms with Crippen molar-refractivity contribution in [2.45, 2.75) is 44.6 Å². The van der Waals surface area contributed by atoms with Gasteiger partial charge in [0.1, 0.15) is 11.5 Å². The number of piperidine rings is 1. The number of carbonyl (C=O) groups is 1. The summed E-state index contributed by atoms with van der Waals surface area (Å²) in [5, 5.41) is 2.00. The van der Waals surface area contributed by atoms with Crippen LogP contribution in [0.5, 0.6) is 0 Å². The first-order chi connectivity index (χ1) is 13.3. The van der Waals surface area contributed by atoms with E-state index in [1.807, 2.05) is 41.4 Å². The van der Waals surface area contributed by atoms with E-state index in [9.17, 15) is 4.79 Å². The Hall–Kier alpha value is -2.69. The monoisotopic (exact) mass is 360 g/mol. The molecule has 2 aromatic heterocycles. The molecule has 1 unspecified atom stereocenters. The largest absolute Gasteiger partial charge is 0.337 e. The Morgan fingerprint density at radius 2 is 1.96 bits per heavy atom. The average molecular weight is 360 g/mol. The van der Waals surface area contributed by atoms with Gasteiger partial charge in [-0.3, -0.25) is 9.78 Å². The SMILES string of the molecule is O=C(c1nccc2ccccc12)N1CCCC(c2ncc3n2CCCC3)C1.